The second kappa shape index (κ2) is 16.3. The number of carbonyl (C=O) groups is 4. The van der Waals surface area contributed by atoms with E-state index in [1.54, 1.807) is 95.4 Å². The van der Waals surface area contributed by atoms with Crippen molar-refractivity contribution in [2.45, 2.75) is 120 Å². The summed E-state index contributed by atoms with van der Waals surface area (Å²) in [5, 5.41) is 11.5. The third kappa shape index (κ3) is 13.1. The van der Waals surface area contributed by atoms with Crippen LogP contribution in [0.25, 0.3) is 0 Å². The summed E-state index contributed by atoms with van der Waals surface area (Å²) in [7, 11) is 0. The lowest BCUT2D eigenvalue weighted by molar-refractivity contribution is -0.209. The molecule has 0 unspecified atom stereocenters. The van der Waals surface area contributed by atoms with Gasteiger partial charge < -0.3 is 24.1 Å². The van der Waals surface area contributed by atoms with Crippen LogP contribution < -0.4 is 0 Å². The van der Waals surface area contributed by atoms with Crippen molar-refractivity contribution in [2.24, 2.45) is 26.7 Å². The molecule has 0 saturated carbocycles. The van der Waals surface area contributed by atoms with E-state index in [1.165, 1.54) is 0 Å². The Bertz CT molecular complexity index is 1210. The average Bonchev–Trinajstić information content (AvgIpc) is 2.92. The number of ether oxygens (including phenoxy) is 4. The minimum Gasteiger partial charge on any atom is -0.462 e. The molecule has 5 atom stereocenters. The zero-order chi connectivity index (χ0) is 35.7. The summed E-state index contributed by atoms with van der Waals surface area (Å²) in [6, 6.07) is 8.31. The number of benzene rings is 1. The van der Waals surface area contributed by atoms with E-state index in [2.05, 4.69) is 6.58 Å². The van der Waals surface area contributed by atoms with E-state index in [-0.39, 0.29) is 6.42 Å². The van der Waals surface area contributed by atoms with E-state index in [0.717, 1.165) is 5.56 Å². The summed E-state index contributed by atoms with van der Waals surface area (Å²) in [6.07, 6.45) is -2.95. The highest BCUT2D eigenvalue weighted by atomic mass is 16.6. The van der Waals surface area contributed by atoms with Crippen molar-refractivity contribution >= 4 is 30.1 Å². The molecular weight excluding hydrogens is 590 g/mol. The average molecular weight is 646 g/mol. The quantitative estimate of drug-likeness (QED) is 0.121. The normalized spacial score (nSPS) is 16.0. The SMILES string of the molecule is C=CC[C@@H](N=Cc1ccccc1)[C@H](OC(=O)C(C)(C)C)[C@@H](OC(=O)C(C)(C)C)[C@@H](OC(=O)C(C)(C)C)[C@H](O)COC(=O)C(C)(C)C. The van der Waals surface area contributed by atoms with Crippen molar-refractivity contribution in [3.63, 3.8) is 0 Å². The van der Waals surface area contributed by atoms with Crippen molar-refractivity contribution in [3.05, 3.63) is 48.6 Å². The third-order valence-electron chi connectivity index (χ3n) is 6.59. The van der Waals surface area contributed by atoms with E-state index >= 15 is 0 Å². The van der Waals surface area contributed by atoms with Gasteiger partial charge in [-0.3, -0.25) is 24.2 Å². The number of esters is 4. The fourth-order valence-corrected chi connectivity index (χ4v) is 3.60. The molecule has 0 fully saturated rings. The number of hydrogen-bond donors (Lipinski definition) is 1. The zero-order valence-electron chi connectivity index (χ0n) is 29.7. The molecule has 1 aromatic carbocycles. The minimum absolute atomic E-state index is 0.157. The molecule has 0 aliphatic carbocycles. The topological polar surface area (TPSA) is 138 Å². The van der Waals surface area contributed by atoms with Gasteiger partial charge in [0.05, 0.1) is 27.7 Å². The van der Waals surface area contributed by atoms with E-state index in [9.17, 15) is 24.3 Å². The Balaban J connectivity index is 3.96. The molecule has 46 heavy (non-hydrogen) atoms. The summed E-state index contributed by atoms with van der Waals surface area (Å²) < 4.78 is 23.4. The zero-order valence-corrected chi connectivity index (χ0v) is 29.7. The number of rotatable bonds is 13. The number of hydrogen-bond acceptors (Lipinski definition) is 10. The summed E-state index contributed by atoms with van der Waals surface area (Å²) in [4.78, 5) is 57.6. The molecule has 0 radical (unpaired) electrons. The first-order valence-corrected chi connectivity index (χ1v) is 15.6. The number of nitrogens with zero attached hydrogens (tertiary/aromatic N) is 1. The van der Waals surface area contributed by atoms with Crippen LogP contribution in [0.15, 0.2) is 48.0 Å². The molecular formula is C36H55NO9. The maximum absolute atomic E-state index is 13.5. The lowest BCUT2D eigenvalue weighted by Crippen LogP contribution is -2.57. The van der Waals surface area contributed by atoms with Gasteiger partial charge in [-0.15, -0.1) is 6.58 Å². The predicted molar refractivity (Wildman–Crippen MR) is 177 cm³/mol. The standard InChI is InChI=1S/C36H55NO9/c1-14-18-24(37-21-23-19-16-15-17-20-23)26(44-30(40)34(5,6)7)28(46-32(42)36(11,12)13)27(45-31(41)35(8,9)10)25(38)22-43-29(39)33(2,3)4/h14-17,19-21,24-28,38H,1,18,22H2,2-13H3/t24-,25-,26+,27+,28-/m1/s1. The van der Waals surface area contributed by atoms with Crippen LogP contribution in [0.2, 0.25) is 0 Å². The Morgan fingerprint density at radius 3 is 1.52 bits per heavy atom. The molecule has 0 aliphatic rings. The molecule has 0 saturated heterocycles. The van der Waals surface area contributed by atoms with Gasteiger partial charge in [0.1, 0.15) is 12.7 Å². The van der Waals surface area contributed by atoms with Gasteiger partial charge in [0.2, 0.25) is 0 Å². The Morgan fingerprint density at radius 1 is 0.696 bits per heavy atom. The largest absolute Gasteiger partial charge is 0.462 e. The highest BCUT2D eigenvalue weighted by Gasteiger charge is 2.48. The highest BCUT2D eigenvalue weighted by Crippen LogP contribution is 2.30. The Labute approximate surface area is 274 Å². The Kier molecular flexibility index (Phi) is 14.4. The highest BCUT2D eigenvalue weighted by molar-refractivity contribution is 5.80. The molecule has 0 amide bonds. The molecule has 1 rings (SSSR count). The van der Waals surface area contributed by atoms with Crippen LogP contribution in [-0.4, -0.2) is 72.3 Å². The molecule has 10 nitrogen and oxygen atoms in total. The number of aliphatic hydroxyl groups is 1. The van der Waals surface area contributed by atoms with Crippen LogP contribution in [0.3, 0.4) is 0 Å². The Morgan fingerprint density at radius 2 is 1.11 bits per heavy atom. The van der Waals surface area contributed by atoms with Crippen LogP contribution in [0, 0.1) is 21.7 Å². The molecule has 1 N–H and O–H groups in total. The van der Waals surface area contributed by atoms with Crippen LogP contribution in [0.1, 0.15) is 95.1 Å². The lowest BCUT2D eigenvalue weighted by Gasteiger charge is -2.39. The first-order valence-electron chi connectivity index (χ1n) is 15.6. The number of aliphatic imine (C=N–C) groups is 1. The maximum atomic E-state index is 13.5. The van der Waals surface area contributed by atoms with E-state index in [4.69, 9.17) is 23.9 Å². The van der Waals surface area contributed by atoms with Crippen molar-refractivity contribution in [2.75, 3.05) is 6.61 Å². The van der Waals surface area contributed by atoms with Gasteiger partial charge in [0.15, 0.2) is 18.3 Å². The molecule has 0 bridgehead atoms. The molecule has 258 valence electrons. The van der Waals surface area contributed by atoms with Crippen molar-refractivity contribution in [3.8, 4) is 0 Å². The van der Waals surface area contributed by atoms with Gasteiger partial charge in [-0.1, -0.05) is 36.4 Å². The van der Waals surface area contributed by atoms with Gasteiger partial charge in [-0.05, 0) is 95.1 Å². The molecule has 0 heterocycles. The maximum Gasteiger partial charge on any atom is 0.311 e. The Hall–Kier alpha value is -3.53. The third-order valence-corrected chi connectivity index (χ3v) is 6.59. The first kappa shape index (κ1) is 40.5. The molecule has 1 aromatic rings. The number of aliphatic hydroxyl groups excluding tert-OH is 1. The smallest absolute Gasteiger partial charge is 0.311 e. The van der Waals surface area contributed by atoms with Crippen molar-refractivity contribution in [1.82, 2.24) is 0 Å². The van der Waals surface area contributed by atoms with Crippen LogP contribution in [0.5, 0.6) is 0 Å². The summed E-state index contributed by atoms with van der Waals surface area (Å²) >= 11 is 0. The molecule has 0 aromatic heterocycles. The fourth-order valence-electron chi connectivity index (χ4n) is 3.60. The molecule has 10 heteroatoms. The predicted octanol–water partition coefficient (Wildman–Crippen LogP) is 5.87. The van der Waals surface area contributed by atoms with Crippen molar-refractivity contribution < 1.29 is 43.2 Å². The van der Waals surface area contributed by atoms with Gasteiger partial charge in [0, 0.05) is 6.21 Å². The summed E-state index contributed by atoms with van der Waals surface area (Å²) in [6.45, 7) is 23.0. The van der Waals surface area contributed by atoms with Crippen molar-refractivity contribution in [1.29, 1.82) is 0 Å². The second-order valence-corrected chi connectivity index (χ2v) is 15.6. The van der Waals surface area contributed by atoms with Gasteiger partial charge in [0.25, 0.3) is 0 Å². The fraction of sp³-hybridized carbons (Fsp3) is 0.639. The molecule has 0 spiro atoms. The van der Waals surface area contributed by atoms with Gasteiger partial charge in [-0.25, -0.2) is 0 Å². The monoisotopic (exact) mass is 645 g/mol. The summed E-state index contributed by atoms with van der Waals surface area (Å²) in [5.41, 5.74) is -3.20. The first-order chi connectivity index (χ1) is 20.9. The van der Waals surface area contributed by atoms with Crippen LogP contribution >= 0.6 is 0 Å². The van der Waals surface area contributed by atoms with Crippen LogP contribution in [0.4, 0.5) is 0 Å². The van der Waals surface area contributed by atoms with Gasteiger partial charge >= 0.3 is 23.9 Å². The lowest BCUT2D eigenvalue weighted by atomic mass is 9.91. The molecule has 0 aliphatic heterocycles. The van der Waals surface area contributed by atoms with E-state index in [1.807, 2.05) is 30.3 Å². The van der Waals surface area contributed by atoms with E-state index < -0.39 is 82.6 Å². The second-order valence-electron chi connectivity index (χ2n) is 15.6. The van der Waals surface area contributed by atoms with E-state index in [0.29, 0.717) is 0 Å². The minimum atomic E-state index is -1.69. The van der Waals surface area contributed by atoms with Crippen LogP contribution in [-0.2, 0) is 38.1 Å². The van der Waals surface area contributed by atoms with Gasteiger partial charge in [-0.2, -0.15) is 0 Å². The number of carbonyl (C=O) groups excluding carboxylic acids is 4. The summed E-state index contributed by atoms with van der Waals surface area (Å²) in [5.74, 6) is -2.70.